The predicted octanol–water partition coefficient (Wildman–Crippen LogP) is 6.61. The molecule has 1 aromatic carbocycles. The van der Waals surface area contributed by atoms with Crippen LogP contribution in [0.4, 0.5) is 10.8 Å². The van der Waals surface area contributed by atoms with Crippen molar-refractivity contribution in [1.82, 2.24) is 4.98 Å². The molecule has 2 N–H and O–H groups in total. The van der Waals surface area contributed by atoms with Gasteiger partial charge in [0.05, 0.1) is 12.8 Å². The number of carbonyl (C=O) groups is 1. The van der Waals surface area contributed by atoms with E-state index in [0.29, 0.717) is 30.0 Å². The minimum atomic E-state index is -0.890. The highest BCUT2D eigenvalue weighted by Gasteiger charge is 2.65. The number of rotatable bonds is 4. The van der Waals surface area contributed by atoms with Crippen LogP contribution in [0.1, 0.15) is 70.9 Å². The Morgan fingerprint density at radius 3 is 2.60 bits per heavy atom. The second kappa shape index (κ2) is 8.17. The fourth-order valence-corrected chi connectivity index (χ4v) is 9.11. The summed E-state index contributed by atoms with van der Waals surface area (Å²) in [6.07, 6.45) is 9.84. The zero-order valence-corrected chi connectivity index (χ0v) is 21.8. The molecule has 0 radical (unpaired) electrons. The quantitative estimate of drug-likeness (QED) is 0.502. The lowest BCUT2D eigenvalue weighted by molar-refractivity contribution is -0.135. The van der Waals surface area contributed by atoms with E-state index >= 15 is 0 Å². The van der Waals surface area contributed by atoms with E-state index in [4.69, 9.17) is 9.72 Å². The zero-order valence-electron chi connectivity index (χ0n) is 21.0. The summed E-state index contributed by atoms with van der Waals surface area (Å²) in [5.41, 5.74) is 2.29. The summed E-state index contributed by atoms with van der Waals surface area (Å²) in [5.74, 6) is 2.88. The van der Waals surface area contributed by atoms with Crippen molar-refractivity contribution in [1.29, 1.82) is 0 Å². The van der Waals surface area contributed by atoms with E-state index in [1.165, 1.54) is 5.57 Å². The van der Waals surface area contributed by atoms with Crippen LogP contribution in [0.5, 0.6) is 5.75 Å². The van der Waals surface area contributed by atoms with Gasteiger partial charge in [-0.25, -0.2) is 4.98 Å². The van der Waals surface area contributed by atoms with E-state index in [2.05, 4.69) is 24.5 Å². The number of fused-ring (bicyclic) bond motifs is 5. The van der Waals surface area contributed by atoms with Gasteiger partial charge < -0.3 is 15.2 Å². The number of carbonyl (C=O) groups excluding carboxylic acids is 1. The molecule has 0 aliphatic heterocycles. The predicted molar refractivity (Wildman–Crippen MR) is 139 cm³/mol. The number of methoxy groups -OCH3 is 1. The van der Waals surface area contributed by atoms with Gasteiger partial charge in [-0.1, -0.05) is 19.4 Å². The lowest BCUT2D eigenvalue weighted by Gasteiger charge is -2.59. The smallest absolute Gasteiger partial charge is 0.187 e. The Bertz CT molecular complexity index is 1170. The molecule has 1 heterocycles. The van der Waals surface area contributed by atoms with Crippen molar-refractivity contribution in [2.75, 3.05) is 12.4 Å². The molecule has 1 aromatic heterocycles. The number of aliphatic hydroxyl groups is 1. The van der Waals surface area contributed by atoms with Crippen molar-refractivity contribution in [2.24, 2.45) is 28.6 Å². The maximum Gasteiger partial charge on any atom is 0.187 e. The van der Waals surface area contributed by atoms with Gasteiger partial charge in [-0.3, -0.25) is 4.79 Å². The molecule has 6 atom stereocenters. The Kier molecular flexibility index (Phi) is 5.42. The van der Waals surface area contributed by atoms with Gasteiger partial charge in [0.1, 0.15) is 11.4 Å². The molecule has 0 unspecified atom stereocenters. The van der Waals surface area contributed by atoms with Crippen molar-refractivity contribution in [3.05, 3.63) is 47.0 Å². The van der Waals surface area contributed by atoms with Gasteiger partial charge in [0.2, 0.25) is 0 Å². The number of nitrogens with one attached hydrogen (secondary N) is 1. The average molecular weight is 493 g/mol. The summed E-state index contributed by atoms with van der Waals surface area (Å²) in [4.78, 5) is 17.0. The minimum absolute atomic E-state index is 0.162. The molecule has 0 bridgehead atoms. The molecule has 4 aliphatic carbocycles. The van der Waals surface area contributed by atoms with E-state index in [1.807, 2.05) is 30.3 Å². The van der Waals surface area contributed by atoms with Crippen LogP contribution < -0.4 is 10.1 Å². The van der Waals surface area contributed by atoms with Crippen LogP contribution in [0.3, 0.4) is 0 Å². The van der Waals surface area contributed by atoms with Gasteiger partial charge in [-0.15, -0.1) is 11.3 Å². The maximum absolute atomic E-state index is 12.2. The summed E-state index contributed by atoms with van der Waals surface area (Å²) in [7, 11) is 1.67. The molecule has 0 saturated heterocycles. The van der Waals surface area contributed by atoms with Crippen molar-refractivity contribution in [3.63, 3.8) is 0 Å². The summed E-state index contributed by atoms with van der Waals surface area (Å²) in [6.45, 7) is 4.75. The lowest BCUT2D eigenvalue weighted by Crippen LogP contribution is -2.53. The Labute approximate surface area is 212 Å². The number of hydrogen-bond acceptors (Lipinski definition) is 6. The van der Waals surface area contributed by atoms with Crippen molar-refractivity contribution >= 4 is 27.9 Å². The summed E-state index contributed by atoms with van der Waals surface area (Å²) in [6, 6.07) is 7.82. The number of allylic oxidation sites excluding steroid dienone is 1. The Morgan fingerprint density at radius 2 is 1.83 bits per heavy atom. The van der Waals surface area contributed by atoms with Crippen LogP contribution >= 0.6 is 11.3 Å². The first kappa shape index (κ1) is 23.2. The van der Waals surface area contributed by atoms with Crippen LogP contribution in [-0.2, 0) is 10.4 Å². The first-order chi connectivity index (χ1) is 16.8. The summed E-state index contributed by atoms with van der Waals surface area (Å²) in [5, 5.41) is 18.5. The molecule has 6 rings (SSSR count). The third-order valence-electron chi connectivity index (χ3n) is 10.4. The highest BCUT2D eigenvalue weighted by atomic mass is 32.1. The molecule has 2 aromatic rings. The first-order valence-electron chi connectivity index (χ1n) is 13.1. The van der Waals surface area contributed by atoms with Crippen LogP contribution in [0.25, 0.3) is 0 Å². The number of benzene rings is 1. The number of nitrogens with zero attached hydrogens (tertiary/aromatic N) is 1. The average Bonchev–Trinajstić information content (AvgIpc) is 3.43. The summed E-state index contributed by atoms with van der Waals surface area (Å²) >= 11 is 1.56. The largest absolute Gasteiger partial charge is 0.497 e. The maximum atomic E-state index is 12.2. The molecular weight excluding hydrogens is 456 g/mol. The summed E-state index contributed by atoms with van der Waals surface area (Å²) < 4.78 is 5.25. The van der Waals surface area contributed by atoms with E-state index < -0.39 is 5.60 Å². The highest BCUT2D eigenvalue weighted by molar-refractivity contribution is 7.13. The second-order valence-corrected chi connectivity index (χ2v) is 12.6. The highest BCUT2D eigenvalue weighted by Crippen LogP contribution is 2.69. The molecule has 4 aliphatic rings. The van der Waals surface area contributed by atoms with Crippen LogP contribution in [0, 0.1) is 28.6 Å². The van der Waals surface area contributed by atoms with E-state index in [9.17, 15) is 9.90 Å². The third kappa shape index (κ3) is 3.43. The molecule has 35 heavy (non-hydrogen) atoms. The number of ether oxygens (including phenoxy) is 1. The molecule has 0 amide bonds. The van der Waals surface area contributed by atoms with Crippen LogP contribution in [0.2, 0.25) is 0 Å². The normalized spacial score (nSPS) is 38.2. The standard InChI is InChI=1S/C29H36N2O3S/c1-27-13-10-20(32)16-18(27)4-9-22-23(27)11-14-28(2)24(22)12-15-29(28,33)25-17-35-26(31-25)30-19-5-7-21(34-3)8-6-19/h5-8,16-17,22-24,33H,4,9-15H2,1-3H3,(H,30,31)/t22-,23+,24+,27+,28+,29+/m1/s1. The van der Waals surface area contributed by atoms with Crippen LogP contribution in [-0.4, -0.2) is 23.0 Å². The number of ketones is 1. The monoisotopic (exact) mass is 492 g/mol. The number of thiazole rings is 1. The molecule has 3 fully saturated rings. The SMILES string of the molecule is COc1ccc(Nc2nc([C@@]3(O)CC[C@H]4[C@@H]5CCC6=CC(=O)CC[C@]6(C)[C@H]5CC[C@@]43C)cs2)cc1. The molecule has 0 spiro atoms. The Balaban J connectivity index is 1.25. The van der Waals surface area contributed by atoms with Gasteiger partial charge in [0, 0.05) is 22.9 Å². The topological polar surface area (TPSA) is 71.4 Å². The van der Waals surface area contributed by atoms with Crippen molar-refractivity contribution in [2.45, 2.75) is 70.8 Å². The molecule has 3 saturated carbocycles. The number of anilines is 2. The second-order valence-electron chi connectivity index (χ2n) is 11.7. The van der Waals surface area contributed by atoms with Gasteiger partial charge in [0.25, 0.3) is 0 Å². The van der Waals surface area contributed by atoms with Gasteiger partial charge in [-0.05, 0) is 98.5 Å². The van der Waals surface area contributed by atoms with Crippen LogP contribution in [0.15, 0.2) is 41.3 Å². The molecule has 5 nitrogen and oxygen atoms in total. The van der Waals surface area contributed by atoms with Crippen molar-refractivity contribution < 1.29 is 14.6 Å². The van der Waals surface area contributed by atoms with Gasteiger partial charge in [-0.2, -0.15) is 0 Å². The van der Waals surface area contributed by atoms with E-state index in [-0.39, 0.29) is 10.8 Å². The lowest BCUT2D eigenvalue weighted by atomic mass is 9.46. The Hall–Kier alpha value is -2.18. The Morgan fingerprint density at radius 1 is 1.06 bits per heavy atom. The molecule has 186 valence electrons. The van der Waals surface area contributed by atoms with E-state index in [0.717, 1.165) is 67.2 Å². The fraction of sp³-hybridized carbons (Fsp3) is 0.586. The van der Waals surface area contributed by atoms with Gasteiger partial charge >= 0.3 is 0 Å². The number of hydrogen-bond donors (Lipinski definition) is 2. The minimum Gasteiger partial charge on any atom is -0.497 e. The van der Waals surface area contributed by atoms with Crippen molar-refractivity contribution in [3.8, 4) is 5.75 Å². The first-order valence-corrected chi connectivity index (χ1v) is 14.0. The number of aromatic nitrogens is 1. The third-order valence-corrected chi connectivity index (χ3v) is 11.1. The van der Waals surface area contributed by atoms with Gasteiger partial charge in [0.15, 0.2) is 10.9 Å². The fourth-order valence-electron chi connectivity index (χ4n) is 8.32. The molecule has 6 heteroatoms. The van der Waals surface area contributed by atoms with E-state index in [1.54, 1.807) is 18.4 Å². The zero-order chi connectivity index (χ0) is 24.4. The molecular formula is C29H36N2O3S.